The molecule has 1 aromatic carbocycles. The van der Waals surface area contributed by atoms with Gasteiger partial charge >= 0.3 is 0 Å². The minimum absolute atomic E-state index is 0.397. The van der Waals surface area contributed by atoms with Crippen molar-refractivity contribution in [3.8, 4) is 11.6 Å². The topological polar surface area (TPSA) is 57.4 Å². The average molecular weight is 244 g/mol. The van der Waals surface area contributed by atoms with Crippen molar-refractivity contribution in [2.75, 3.05) is 7.11 Å². The van der Waals surface area contributed by atoms with Crippen LogP contribution in [0, 0.1) is 0 Å². The molecule has 1 aromatic heterocycles. The first-order valence-corrected chi connectivity index (χ1v) is 5.74. The van der Waals surface area contributed by atoms with E-state index in [0.717, 1.165) is 17.0 Å². The summed E-state index contributed by atoms with van der Waals surface area (Å²) in [6.07, 6.45) is 0. The third kappa shape index (κ3) is 2.99. The van der Waals surface area contributed by atoms with Crippen molar-refractivity contribution in [2.24, 2.45) is 5.73 Å². The summed E-state index contributed by atoms with van der Waals surface area (Å²) in [5, 5.41) is 0. The van der Waals surface area contributed by atoms with Crippen LogP contribution >= 0.6 is 0 Å². The van der Waals surface area contributed by atoms with E-state index in [0.29, 0.717) is 19.0 Å². The summed E-state index contributed by atoms with van der Waals surface area (Å²) in [7, 11) is 1.59. The lowest BCUT2D eigenvalue weighted by atomic mass is 10.2. The Bertz CT molecular complexity index is 515. The molecule has 0 bridgehead atoms. The lowest BCUT2D eigenvalue weighted by Gasteiger charge is -2.10. The normalized spacial score (nSPS) is 10.1. The van der Waals surface area contributed by atoms with Gasteiger partial charge in [0, 0.05) is 18.2 Å². The molecule has 4 heteroatoms. The molecule has 0 saturated carbocycles. The highest BCUT2D eigenvalue weighted by Crippen LogP contribution is 2.18. The summed E-state index contributed by atoms with van der Waals surface area (Å²) in [5.74, 6) is 1.38. The highest BCUT2D eigenvalue weighted by Gasteiger charge is 2.03. The van der Waals surface area contributed by atoms with Gasteiger partial charge in [-0.2, -0.15) is 0 Å². The summed E-state index contributed by atoms with van der Waals surface area (Å²) in [4.78, 5) is 4.28. The van der Waals surface area contributed by atoms with E-state index in [-0.39, 0.29) is 0 Å². The number of methoxy groups -OCH3 is 1. The predicted octanol–water partition coefficient (Wildman–Crippen LogP) is 2.13. The largest absolute Gasteiger partial charge is 0.487 e. The molecule has 0 unspecified atom stereocenters. The van der Waals surface area contributed by atoms with E-state index in [1.807, 2.05) is 36.4 Å². The van der Waals surface area contributed by atoms with E-state index in [9.17, 15) is 0 Å². The van der Waals surface area contributed by atoms with Crippen LogP contribution in [0.5, 0.6) is 11.6 Å². The standard InChI is InChI=1S/C14H16N2O2/c1-17-14-8-4-6-12(16-14)10-18-13-7-3-2-5-11(13)9-15/h2-8H,9-10,15H2,1H3. The highest BCUT2D eigenvalue weighted by atomic mass is 16.5. The summed E-state index contributed by atoms with van der Waals surface area (Å²) in [6, 6.07) is 13.3. The molecule has 0 saturated heterocycles. The van der Waals surface area contributed by atoms with Gasteiger partial charge in [-0.1, -0.05) is 24.3 Å². The van der Waals surface area contributed by atoms with Crippen molar-refractivity contribution in [3.63, 3.8) is 0 Å². The minimum Gasteiger partial charge on any atom is -0.487 e. The number of pyridine rings is 1. The van der Waals surface area contributed by atoms with Crippen LogP contribution in [0.3, 0.4) is 0 Å². The van der Waals surface area contributed by atoms with Crippen LogP contribution in [-0.2, 0) is 13.2 Å². The summed E-state index contributed by atoms with van der Waals surface area (Å²) in [5.41, 5.74) is 7.46. The smallest absolute Gasteiger partial charge is 0.213 e. The molecular formula is C14H16N2O2. The fourth-order valence-corrected chi connectivity index (χ4v) is 1.62. The number of nitrogens with two attached hydrogens (primary N) is 1. The predicted molar refractivity (Wildman–Crippen MR) is 69.5 cm³/mol. The zero-order chi connectivity index (χ0) is 12.8. The number of aromatic nitrogens is 1. The molecule has 0 amide bonds. The Labute approximate surface area is 106 Å². The first-order valence-electron chi connectivity index (χ1n) is 5.74. The summed E-state index contributed by atoms with van der Waals surface area (Å²) >= 11 is 0. The van der Waals surface area contributed by atoms with Gasteiger partial charge in [0.2, 0.25) is 5.88 Å². The number of nitrogens with zero attached hydrogens (tertiary/aromatic N) is 1. The molecule has 4 nitrogen and oxygen atoms in total. The Balaban J connectivity index is 2.06. The Morgan fingerprint density at radius 2 is 1.94 bits per heavy atom. The fourth-order valence-electron chi connectivity index (χ4n) is 1.62. The number of benzene rings is 1. The number of hydrogen-bond donors (Lipinski definition) is 1. The second-order valence-electron chi connectivity index (χ2n) is 3.77. The maximum absolute atomic E-state index is 5.72. The third-order valence-electron chi connectivity index (χ3n) is 2.56. The van der Waals surface area contributed by atoms with Crippen LogP contribution in [0.25, 0.3) is 0 Å². The lowest BCUT2D eigenvalue weighted by molar-refractivity contribution is 0.295. The van der Waals surface area contributed by atoms with Gasteiger partial charge in [0.15, 0.2) is 0 Å². The second-order valence-corrected chi connectivity index (χ2v) is 3.77. The van der Waals surface area contributed by atoms with E-state index in [1.54, 1.807) is 13.2 Å². The van der Waals surface area contributed by atoms with Crippen molar-refractivity contribution in [1.82, 2.24) is 4.98 Å². The molecule has 2 N–H and O–H groups in total. The monoisotopic (exact) mass is 244 g/mol. The van der Waals surface area contributed by atoms with Crippen LogP contribution in [0.2, 0.25) is 0 Å². The molecule has 2 aromatic rings. The molecule has 0 aliphatic carbocycles. The highest BCUT2D eigenvalue weighted by molar-refractivity contribution is 5.33. The first-order chi connectivity index (χ1) is 8.83. The zero-order valence-corrected chi connectivity index (χ0v) is 10.3. The minimum atomic E-state index is 0.397. The van der Waals surface area contributed by atoms with E-state index in [2.05, 4.69) is 4.98 Å². The van der Waals surface area contributed by atoms with Gasteiger partial charge in [0.1, 0.15) is 12.4 Å². The van der Waals surface area contributed by atoms with Crippen LogP contribution < -0.4 is 15.2 Å². The van der Waals surface area contributed by atoms with Crippen molar-refractivity contribution in [2.45, 2.75) is 13.2 Å². The first kappa shape index (κ1) is 12.4. The molecule has 0 spiro atoms. The number of ether oxygens (including phenoxy) is 2. The maximum atomic E-state index is 5.72. The molecule has 0 aliphatic heterocycles. The van der Waals surface area contributed by atoms with Crippen molar-refractivity contribution in [3.05, 3.63) is 53.7 Å². The molecule has 1 heterocycles. The maximum Gasteiger partial charge on any atom is 0.213 e. The second kappa shape index (κ2) is 6.02. The molecular weight excluding hydrogens is 228 g/mol. The number of para-hydroxylation sites is 1. The Morgan fingerprint density at radius 1 is 1.11 bits per heavy atom. The Kier molecular flexibility index (Phi) is 4.15. The SMILES string of the molecule is COc1cccc(COc2ccccc2CN)n1. The van der Waals surface area contributed by atoms with Gasteiger partial charge in [0.05, 0.1) is 12.8 Å². The van der Waals surface area contributed by atoms with Crippen LogP contribution in [0.1, 0.15) is 11.3 Å². The van der Waals surface area contributed by atoms with Crippen molar-refractivity contribution >= 4 is 0 Å². The molecule has 18 heavy (non-hydrogen) atoms. The zero-order valence-electron chi connectivity index (χ0n) is 10.3. The number of rotatable bonds is 5. The van der Waals surface area contributed by atoms with E-state index in [1.165, 1.54) is 0 Å². The summed E-state index contributed by atoms with van der Waals surface area (Å²) < 4.78 is 10.8. The van der Waals surface area contributed by atoms with Crippen LogP contribution in [0.4, 0.5) is 0 Å². The van der Waals surface area contributed by atoms with Crippen LogP contribution in [-0.4, -0.2) is 12.1 Å². The van der Waals surface area contributed by atoms with Gasteiger partial charge in [-0.05, 0) is 12.1 Å². The van der Waals surface area contributed by atoms with E-state index < -0.39 is 0 Å². The van der Waals surface area contributed by atoms with Gasteiger partial charge in [-0.3, -0.25) is 0 Å². The van der Waals surface area contributed by atoms with Gasteiger partial charge in [-0.25, -0.2) is 4.98 Å². The fraction of sp³-hybridized carbons (Fsp3) is 0.214. The Morgan fingerprint density at radius 3 is 2.72 bits per heavy atom. The molecule has 0 aliphatic rings. The third-order valence-corrected chi connectivity index (χ3v) is 2.56. The average Bonchev–Trinajstić information content (AvgIpc) is 2.45. The molecule has 0 radical (unpaired) electrons. The molecule has 0 fully saturated rings. The lowest BCUT2D eigenvalue weighted by Crippen LogP contribution is -2.04. The van der Waals surface area contributed by atoms with Gasteiger partial charge in [0.25, 0.3) is 0 Å². The van der Waals surface area contributed by atoms with E-state index in [4.69, 9.17) is 15.2 Å². The Hall–Kier alpha value is -2.07. The molecule has 2 rings (SSSR count). The molecule has 0 atom stereocenters. The van der Waals surface area contributed by atoms with E-state index >= 15 is 0 Å². The number of hydrogen-bond acceptors (Lipinski definition) is 4. The van der Waals surface area contributed by atoms with Gasteiger partial charge in [-0.15, -0.1) is 0 Å². The summed E-state index contributed by atoms with van der Waals surface area (Å²) in [6.45, 7) is 0.857. The quantitative estimate of drug-likeness (QED) is 0.875. The van der Waals surface area contributed by atoms with Gasteiger partial charge < -0.3 is 15.2 Å². The van der Waals surface area contributed by atoms with Crippen molar-refractivity contribution in [1.29, 1.82) is 0 Å². The van der Waals surface area contributed by atoms with Crippen molar-refractivity contribution < 1.29 is 9.47 Å². The molecule has 94 valence electrons. The van der Waals surface area contributed by atoms with Crippen LogP contribution in [0.15, 0.2) is 42.5 Å².